The number of carbonyl (C=O) groups excluding carboxylic acids is 2. The molecule has 5 aromatic heterocycles. The van der Waals surface area contributed by atoms with Gasteiger partial charge in [-0.2, -0.15) is 0 Å². The zero-order valence-electron chi connectivity index (χ0n) is 72.3. The number of nitrogens with one attached hydrogen (secondary N) is 5. The van der Waals surface area contributed by atoms with E-state index in [1.807, 2.05) is 184 Å². The molecule has 12 aromatic rings. The normalized spacial score (nSPS) is 11.4. The molecule has 0 fully saturated rings. The van der Waals surface area contributed by atoms with Crippen molar-refractivity contribution in [1.82, 2.24) is 50.3 Å². The van der Waals surface area contributed by atoms with Gasteiger partial charge in [0.05, 0.1) is 129 Å². The molecule has 0 atom stereocenters. The summed E-state index contributed by atoms with van der Waals surface area (Å²) in [6.07, 6.45) is 4.47. The van der Waals surface area contributed by atoms with Gasteiger partial charge in [0, 0.05) is 196 Å². The third-order valence-electron chi connectivity index (χ3n) is 18.2. The molecule has 0 aliphatic heterocycles. The predicted molar refractivity (Wildman–Crippen MR) is 511 cm³/mol. The maximum absolute atomic E-state index is 11.5. The number of aryl methyl sites for hydroxylation is 2. The quantitative estimate of drug-likeness (QED) is 0.0119. The molecule has 0 radical (unpaired) electrons. The first-order chi connectivity index (χ1) is 59.0. The maximum Gasteiger partial charge on any atom is 0.407 e. The molecule has 2 amide bonds. The van der Waals surface area contributed by atoms with E-state index in [-0.39, 0.29) is 20.4 Å². The Morgan fingerprint density at radius 1 is 0.371 bits per heavy atom. The second-order valence-electron chi connectivity index (χ2n) is 30.8. The van der Waals surface area contributed by atoms with Crippen molar-refractivity contribution in [3.8, 4) is 0 Å². The van der Waals surface area contributed by atoms with Crippen molar-refractivity contribution < 1.29 is 67.9 Å². The van der Waals surface area contributed by atoms with Crippen LogP contribution < -0.4 is 32.3 Å². The molecule has 0 bridgehead atoms. The Bertz CT molecular complexity index is 5320. The van der Waals surface area contributed by atoms with Gasteiger partial charge in [-0.25, -0.2) is 19.6 Å². The van der Waals surface area contributed by atoms with Crippen molar-refractivity contribution in [2.24, 2.45) is 5.73 Å². The number of rotatable bonds is 38. The molecule has 0 saturated heterocycles. The van der Waals surface area contributed by atoms with Crippen LogP contribution in [0.3, 0.4) is 0 Å². The number of ether oxygens (including phenoxy) is 8. The molecule has 124 heavy (non-hydrogen) atoms. The number of fused-ring (bicyclic) bond motifs is 7. The molecule has 672 valence electrons. The molecule has 32 heteroatoms. The Kier molecular flexibility index (Phi) is 45.7. The average molecular weight is 1980 g/mol. The van der Waals surface area contributed by atoms with Crippen LogP contribution in [0.1, 0.15) is 52.7 Å². The molecule has 7 N–H and O–H groups in total. The molecular weight excluding hydrogens is 1860 g/mol. The number of alkyl carbamates (subject to hydrolysis) is 2. The summed E-state index contributed by atoms with van der Waals surface area (Å²) in [6, 6.07) is 46.7. The SMILES string of the molecule is CN(CCOCCN)CCOCCNC(=O)OC(C)(C)C.CN(CCOCCNC(=O)OC(C)(C)C)CCOCCNc1ccnc2cc(Cl)ccc12.Cc1ccc2nc3cc(Cl)ccc3c(Cl)c2c1.Cc1ccc2nc3cc(Cl)ccc3c(NCCOCCN(C)CCOCCNc3ccnc4cc(Cl)ccc34)c2c1.Clc1ccc2c(Br)ccnc2c1.[Pd]. The summed E-state index contributed by atoms with van der Waals surface area (Å²) in [4.78, 5) is 51.7. The standard InChI is InChI=1S/C32H35Cl2N5O2.C23H35ClN4O4.C14H9Cl2N.C14H31N3O4.C9H5BrClN.Pd/c1-22-3-8-29-27(19-22)32(26-7-5-24(34)21-31(26)38-29)37-12-16-41-18-14-39(2)13-17-40-15-11-36-28-9-10-35-30-20-23(33)4-6-25(28)30;1-23(2,3)32-22(29)27-10-14-31-16-12-28(4)11-15-30-13-9-26-20-7-8-25-21-17-18(24)5-6-19(20)21;1-8-2-5-12-11(6-8)14(16)10-4-3-9(15)7-13(10)17-12;1-14(2,3)21-13(18)16-6-10-20-12-8-17(4)7-11-19-9-5-15;10-8-3-4-12-9-5-6(11)1-2-7(8)9;/h3-10,19-21H,11-18H2,1-2H3,(H,35,36)(H,37,38);5-8,17H,9-16H2,1-4H3,(H,25,26)(H,27,29);2-7H,1H3;5-12,15H2,1-4H3,(H,16,18);1-5H;. The molecule has 0 saturated carbocycles. The molecule has 7 aromatic carbocycles. The van der Waals surface area contributed by atoms with Gasteiger partial charge in [0.2, 0.25) is 0 Å². The van der Waals surface area contributed by atoms with Crippen LogP contribution in [-0.2, 0) is 58.3 Å². The monoisotopic (exact) mass is 1970 g/mol. The molecule has 0 aliphatic carbocycles. The van der Waals surface area contributed by atoms with E-state index in [0.29, 0.717) is 137 Å². The number of halogens is 7. The zero-order valence-corrected chi connectivity index (χ0v) is 79.9. The fraction of sp³-hybridized carbons (Fsp3) is 0.402. The van der Waals surface area contributed by atoms with E-state index >= 15 is 0 Å². The van der Waals surface area contributed by atoms with Crippen LogP contribution in [0.5, 0.6) is 0 Å². The Morgan fingerprint density at radius 2 is 0.702 bits per heavy atom. The van der Waals surface area contributed by atoms with Crippen LogP contribution in [0.2, 0.25) is 30.1 Å². The van der Waals surface area contributed by atoms with Crippen LogP contribution in [0.15, 0.2) is 169 Å². The van der Waals surface area contributed by atoms with E-state index in [1.165, 1.54) is 11.1 Å². The van der Waals surface area contributed by atoms with E-state index < -0.39 is 23.4 Å². The van der Waals surface area contributed by atoms with Crippen molar-refractivity contribution >= 4 is 191 Å². The number of nitrogens with zero attached hydrogens (tertiary/aromatic N) is 8. The third kappa shape index (κ3) is 37.5. The number of carbonyl (C=O) groups is 2. The van der Waals surface area contributed by atoms with Gasteiger partial charge in [-0.3, -0.25) is 15.0 Å². The number of aromatic nitrogens is 5. The minimum Gasteiger partial charge on any atom is -0.444 e. The van der Waals surface area contributed by atoms with Gasteiger partial charge in [-0.05, 0) is 204 Å². The van der Waals surface area contributed by atoms with Crippen molar-refractivity contribution in [3.05, 3.63) is 210 Å². The number of nitrogens with two attached hydrogens (primary N) is 1. The van der Waals surface area contributed by atoms with Crippen LogP contribution in [0.25, 0.3) is 76.3 Å². The first kappa shape index (κ1) is 104. The smallest absolute Gasteiger partial charge is 0.407 e. The minimum atomic E-state index is -0.492. The Morgan fingerprint density at radius 3 is 1.11 bits per heavy atom. The summed E-state index contributed by atoms with van der Waals surface area (Å²) in [7, 11) is 6.12. The molecule has 0 unspecified atom stereocenters. The number of benzene rings is 7. The van der Waals surface area contributed by atoms with Crippen molar-refractivity contribution in [2.45, 2.75) is 66.6 Å². The Hall–Kier alpha value is -7.47. The fourth-order valence-electron chi connectivity index (χ4n) is 12.0. The summed E-state index contributed by atoms with van der Waals surface area (Å²) in [5, 5.41) is 27.2. The summed E-state index contributed by atoms with van der Waals surface area (Å²) < 4.78 is 45.1. The molecule has 5 heterocycles. The number of hydrogen-bond donors (Lipinski definition) is 6. The minimum absolute atomic E-state index is 0. The summed E-state index contributed by atoms with van der Waals surface area (Å²) >= 11 is 40.0. The fourth-order valence-corrected chi connectivity index (χ4v) is 13.6. The van der Waals surface area contributed by atoms with Gasteiger partial charge >= 0.3 is 12.2 Å². The molecule has 0 spiro atoms. The Balaban J connectivity index is 0.000000226. The number of pyridine rings is 5. The average Bonchev–Trinajstić information content (AvgIpc) is 0.773. The van der Waals surface area contributed by atoms with Gasteiger partial charge in [-0.1, -0.05) is 115 Å². The topological polar surface area (TPSA) is 268 Å². The molecular formula is C92H115BrCl6N14O10Pd. The van der Waals surface area contributed by atoms with E-state index in [0.717, 1.165) is 149 Å². The van der Waals surface area contributed by atoms with E-state index in [2.05, 4.69) is 115 Å². The number of amides is 2. The second-order valence-corrected chi connectivity index (χ2v) is 34.2. The van der Waals surface area contributed by atoms with Gasteiger partial charge in [-0.15, -0.1) is 0 Å². The third-order valence-corrected chi connectivity index (χ3v) is 20.5. The summed E-state index contributed by atoms with van der Waals surface area (Å²) in [6.45, 7) is 30.8. The Labute approximate surface area is 780 Å². The number of anilines is 3. The molecule has 12 rings (SSSR count). The first-order valence-corrected chi connectivity index (χ1v) is 43.9. The van der Waals surface area contributed by atoms with Crippen molar-refractivity contribution in [3.63, 3.8) is 0 Å². The van der Waals surface area contributed by atoms with Crippen LogP contribution in [-0.4, -0.2) is 242 Å². The second kappa shape index (κ2) is 54.6. The number of likely N-dealkylation sites (N-methyl/N-ethyl adjacent to an activating group) is 3. The van der Waals surface area contributed by atoms with Crippen molar-refractivity contribution in [2.75, 3.05) is 195 Å². The predicted octanol–water partition coefficient (Wildman–Crippen LogP) is 19.9. The van der Waals surface area contributed by atoms with Crippen LogP contribution >= 0.6 is 85.5 Å². The maximum atomic E-state index is 11.5. The molecule has 24 nitrogen and oxygen atoms in total. The van der Waals surface area contributed by atoms with Gasteiger partial charge in [0.25, 0.3) is 0 Å². The van der Waals surface area contributed by atoms with Gasteiger partial charge in [0.15, 0.2) is 0 Å². The van der Waals surface area contributed by atoms with Gasteiger partial charge in [0.1, 0.15) is 11.2 Å². The molecule has 0 aliphatic rings. The summed E-state index contributed by atoms with van der Waals surface area (Å²) in [5.41, 5.74) is 16.1. The van der Waals surface area contributed by atoms with Crippen LogP contribution in [0.4, 0.5) is 26.7 Å². The summed E-state index contributed by atoms with van der Waals surface area (Å²) in [5.74, 6) is 0. The van der Waals surface area contributed by atoms with E-state index in [9.17, 15) is 9.59 Å². The van der Waals surface area contributed by atoms with E-state index in [4.69, 9.17) is 118 Å². The van der Waals surface area contributed by atoms with Gasteiger partial charge < -0.3 is 84.9 Å². The van der Waals surface area contributed by atoms with E-state index in [1.54, 1.807) is 18.6 Å². The largest absolute Gasteiger partial charge is 0.444 e. The number of hydrogen-bond acceptors (Lipinski definition) is 22. The van der Waals surface area contributed by atoms with Crippen LogP contribution in [0, 0.1) is 13.8 Å². The van der Waals surface area contributed by atoms with Crippen molar-refractivity contribution in [1.29, 1.82) is 0 Å². The first-order valence-electron chi connectivity index (χ1n) is 40.8. The zero-order chi connectivity index (χ0) is 88.7.